The second kappa shape index (κ2) is 6.07. The van der Waals surface area contributed by atoms with Crippen LogP contribution >= 0.6 is 34.8 Å². The lowest BCUT2D eigenvalue weighted by molar-refractivity contribution is 0.578. The van der Waals surface area contributed by atoms with Crippen LogP contribution in [0, 0.1) is 0 Å². The molecule has 0 atom stereocenters. The second-order valence-corrected chi connectivity index (χ2v) is 7.15. The highest BCUT2D eigenvalue weighted by molar-refractivity contribution is 7.88. The number of alkyl halides is 1. The molecule has 0 aliphatic carbocycles. The number of nitrogens with one attached hydrogen (secondary N) is 1. The highest BCUT2D eigenvalue weighted by atomic mass is 35.5. The highest BCUT2D eigenvalue weighted by Crippen LogP contribution is 2.28. The molecule has 9 heteroatoms. The predicted molar refractivity (Wildman–Crippen MR) is 82.2 cm³/mol. The molecule has 1 aromatic carbocycles. The maximum absolute atomic E-state index is 11.1. The van der Waals surface area contributed by atoms with Crippen LogP contribution in [-0.2, 0) is 22.4 Å². The molecule has 20 heavy (non-hydrogen) atoms. The third-order valence-electron chi connectivity index (χ3n) is 2.69. The van der Waals surface area contributed by atoms with Crippen LogP contribution in [0.2, 0.25) is 10.0 Å². The standard InChI is InChI=1S/C11H12Cl3N3O2S/c1-20(18,19)15-2-3-17-10-5-8(14)7(13)4-9(10)16-11(17)6-12/h4-5,15H,2-3,6H2,1H3. The highest BCUT2D eigenvalue weighted by Gasteiger charge is 2.12. The van der Waals surface area contributed by atoms with Gasteiger partial charge in [-0.15, -0.1) is 11.6 Å². The molecule has 2 aromatic rings. The van der Waals surface area contributed by atoms with Gasteiger partial charge < -0.3 is 4.57 Å². The Kier molecular flexibility index (Phi) is 4.81. The minimum atomic E-state index is -3.23. The number of fused-ring (bicyclic) bond motifs is 1. The van der Waals surface area contributed by atoms with Gasteiger partial charge >= 0.3 is 0 Å². The fourth-order valence-corrected chi connectivity index (χ4v) is 2.85. The third-order valence-corrected chi connectivity index (χ3v) is 4.38. The van der Waals surface area contributed by atoms with E-state index in [0.29, 0.717) is 27.9 Å². The fourth-order valence-electron chi connectivity index (χ4n) is 1.86. The number of benzene rings is 1. The zero-order chi connectivity index (χ0) is 14.9. The summed E-state index contributed by atoms with van der Waals surface area (Å²) in [5.74, 6) is 0.846. The van der Waals surface area contributed by atoms with Crippen LogP contribution in [0.1, 0.15) is 5.82 Å². The largest absolute Gasteiger partial charge is 0.326 e. The number of rotatable bonds is 5. The summed E-state index contributed by atoms with van der Waals surface area (Å²) in [4.78, 5) is 4.36. The maximum atomic E-state index is 11.1. The minimum Gasteiger partial charge on any atom is -0.326 e. The molecule has 5 nitrogen and oxygen atoms in total. The molecule has 0 bridgehead atoms. The zero-order valence-corrected chi connectivity index (χ0v) is 13.6. The van der Waals surface area contributed by atoms with Crippen LogP contribution in [-0.4, -0.2) is 30.8 Å². The van der Waals surface area contributed by atoms with Gasteiger partial charge in [-0.2, -0.15) is 0 Å². The SMILES string of the molecule is CS(=O)(=O)NCCn1c(CCl)nc2cc(Cl)c(Cl)cc21. The van der Waals surface area contributed by atoms with E-state index in [2.05, 4.69) is 9.71 Å². The van der Waals surface area contributed by atoms with Crippen molar-refractivity contribution >= 4 is 55.9 Å². The Labute approximate surface area is 131 Å². The van der Waals surface area contributed by atoms with Gasteiger partial charge in [0.25, 0.3) is 0 Å². The molecule has 110 valence electrons. The van der Waals surface area contributed by atoms with E-state index in [1.54, 1.807) is 12.1 Å². The average Bonchev–Trinajstić information content (AvgIpc) is 2.66. The molecule has 1 aromatic heterocycles. The molecular formula is C11H12Cl3N3O2S. The van der Waals surface area contributed by atoms with Crippen LogP contribution in [0.25, 0.3) is 11.0 Å². The summed E-state index contributed by atoms with van der Waals surface area (Å²) in [6, 6.07) is 3.36. The van der Waals surface area contributed by atoms with Crippen molar-refractivity contribution in [3.8, 4) is 0 Å². The molecule has 0 aliphatic rings. The zero-order valence-electron chi connectivity index (χ0n) is 10.5. The molecule has 0 saturated heterocycles. The van der Waals surface area contributed by atoms with Gasteiger partial charge in [-0.25, -0.2) is 18.1 Å². The minimum absolute atomic E-state index is 0.211. The lowest BCUT2D eigenvalue weighted by atomic mass is 10.3. The van der Waals surface area contributed by atoms with E-state index >= 15 is 0 Å². The fraction of sp³-hybridized carbons (Fsp3) is 0.364. The molecule has 0 saturated carbocycles. The van der Waals surface area contributed by atoms with Gasteiger partial charge in [0, 0.05) is 13.1 Å². The Hall–Kier alpha value is -0.530. The summed E-state index contributed by atoms with van der Waals surface area (Å²) in [6.07, 6.45) is 1.11. The van der Waals surface area contributed by atoms with Gasteiger partial charge in [-0.3, -0.25) is 0 Å². The van der Waals surface area contributed by atoms with E-state index in [1.165, 1.54) is 0 Å². The van der Waals surface area contributed by atoms with Crippen molar-refractivity contribution in [1.29, 1.82) is 0 Å². The van der Waals surface area contributed by atoms with Crippen molar-refractivity contribution in [2.75, 3.05) is 12.8 Å². The number of aromatic nitrogens is 2. The normalized spacial score (nSPS) is 12.2. The topological polar surface area (TPSA) is 64.0 Å². The summed E-state index contributed by atoms with van der Waals surface area (Å²) in [6.45, 7) is 0.651. The number of hydrogen-bond acceptors (Lipinski definition) is 3. The van der Waals surface area contributed by atoms with Crippen LogP contribution in [0.4, 0.5) is 0 Å². The van der Waals surface area contributed by atoms with E-state index in [9.17, 15) is 8.42 Å². The van der Waals surface area contributed by atoms with Crippen molar-refractivity contribution < 1.29 is 8.42 Å². The molecule has 0 spiro atoms. The molecule has 0 radical (unpaired) electrons. The first-order valence-electron chi connectivity index (χ1n) is 5.66. The summed E-state index contributed by atoms with van der Waals surface area (Å²) in [7, 11) is -3.23. The summed E-state index contributed by atoms with van der Waals surface area (Å²) in [5, 5.41) is 0.830. The van der Waals surface area contributed by atoms with Crippen LogP contribution in [0.15, 0.2) is 12.1 Å². The molecule has 0 fully saturated rings. The molecule has 0 unspecified atom stereocenters. The third kappa shape index (κ3) is 3.56. The molecule has 0 aliphatic heterocycles. The lowest BCUT2D eigenvalue weighted by Gasteiger charge is -2.08. The van der Waals surface area contributed by atoms with E-state index in [0.717, 1.165) is 11.8 Å². The molecule has 1 heterocycles. The first-order valence-corrected chi connectivity index (χ1v) is 8.85. The predicted octanol–water partition coefficient (Wildman–Crippen LogP) is 2.63. The maximum Gasteiger partial charge on any atom is 0.208 e. The Morgan fingerprint density at radius 3 is 2.55 bits per heavy atom. The van der Waals surface area contributed by atoms with Crippen molar-refractivity contribution in [2.24, 2.45) is 0 Å². The number of nitrogens with zero attached hydrogens (tertiary/aromatic N) is 2. The van der Waals surface area contributed by atoms with Gasteiger partial charge in [-0.05, 0) is 12.1 Å². The van der Waals surface area contributed by atoms with Crippen molar-refractivity contribution in [2.45, 2.75) is 12.4 Å². The van der Waals surface area contributed by atoms with E-state index in [1.807, 2.05) is 4.57 Å². The Balaban J connectivity index is 2.37. The molecule has 1 N–H and O–H groups in total. The number of halogens is 3. The summed E-state index contributed by atoms with van der Waals surface area (Å²) in [5.41, 5.74) is 1.44. The van der Waals surface area contributed by atoms with Gasteiger partial charge in [-0.1, -0.05) is 23.2 Å². The first kappa shape index (κ1) is 15.9. The van der Waals surface area contributed by atoms with E-state index < -0.39 is 10.0 Å². The number of imidazole rings is 1. The van der Waals surface area contributed by atoms with Crippen molar-refractivity contribution in [3.63, 3.8) is 0 Å². The van der Waals surface area contributed by atoms with Crippen molar-refractivity contribution in [1.82, 2.24) is 14.3 Å². The number of hydrogen-bond donors (Lipinski definition) is 1. The van der Waals surface area contributed by atoms with E-state index in [4.69, 9.17) is 34.8 Å². The quantitative estimate of drug-likeness (QED) is 0.838. The van der Waals surface area contributed by atoms with Gasteiger partial charge in [0.15, 0.2) is 0 Å². The van der Waals surface area contributed by atoms with Crippen LogP contribution in [0.3, 0.4) is 0 Å². The number of sulfonamides is 1. The summed E-state index contributed by atoms with van der Waals surface area (Å²) < 4.78 is 26.4. The first-order chi connectivity index (χ1) is 9.31. The smallest absolute Gasteiger partial charge is 0.208 e. The van der Waals surface area contributed by atoms with Crippen LogP contribution < -0.4 is 4.72 Å². The lowest BCUT2D eigenvalue weighted by Crippen LogP contribution is -2.26. The monoisotopic (exact) mass is 355 g/mol. The molecule has 2 rings (SSSR count). The van der Waals surface area contributed by atoms with Crippen molar-refractivity contribution in [3.05, 3.63) is 28.0 Å². The second-order valence-electron chi connectivity index (χ2n) is 4.23. The molecule has 0 amide bonds. The average molecular weight is 357 g/mol. The Morgan fingerprint density at radius 2 is 1.95 bits per heavy atom. The van der Waals surface area contributed by atoms with Crippen LogP contribution in [0.5, 0.6) is 0 Å². The van der Waals surface area contributed by atoms with Gasteiger partial charge in [0.1, 0.15) is 5.82 Å². The van der Waals surface area contributed by atoms with Gasteiger partial charge in [0.05, 0.1) is 33.2 Å². The Bertz CT molecular complexity index is 743. The van der Waals surface area contributed by atoms with E-state index in [-0.39, 0.29) is 12.4 Å². The Morgan fingerprint density at radius 1 is 1.30 bits per heavy atom. The summed E-state index contributed by atoms with van der Waals surface area (Å²) >= 11 is 17.8. The van der Waals surface area contributed by atoms with Gasteiger partial charge in [0.2, 0.25) is 10.0 Å². The molecular weight excluding hydrogens is 345 g/mol.